The van der Waals surface area contributed by atoms with E-state index in [0.717, 1.165) is 22.9 Å². The van der Waals surface area contributed by atoms with Crippen LogP contribution in [0.3, 0.4) is 0 Å². The van der Waals surface area contributed by atoms with Gasteiger partial charge in [-0.05, 0) is 37.1 Å². The highest BCUT2D eigenvalue weighted by Crippen LogP contribution is 2.29. The third-order valence-corrected chi connectivity index (χ3v) is 3.11. The zero-order valence-electron chi connectivity index (χ0n) is 12.0. The number of hydrogen-bond donors (Lipinski definition) is 2. The molecule has 0 spiro atoms. The van der Waals surface area contributed by atoms with Gasteiger partial charge in [0.1, 0.15) is 5.69 Å². The molecule has 0 radical (unpaired) electrons. The van der Waals surface area contributed by atoms with Gasteiger partial charge in [-0.25, -0.2) is 0 Å². The van der Waals surface area contributed by atoms with Crippen LogP contribution in [0.25, 0.3) is 0 Å². The summed E-state index contributed by atoms with van der Waals surface area (Å²) < 4.78 is 0. The minimum Gasteiger partial charge on any atom is -0.300 e. The fourth-order valence-electron chi connectivity index (χ4n) is 1.90. The maximum absolute atomic E-state index is 11.0. The molecule has 2 aromatic rings. The third kappa shape index (κ3) is 3.29. The van der Waals surface area contributed by atoms with Gasteiger partial charge in [-0.1, -0.05) is 12.1 Å². The molecule has 0 fully saturated rings. The van der Waals surface area contributed by atoms with Crippen LogP contribution in [0.2, 0.25) is 0 Å². The van der Waals surface area contributed by atoms with Gasteiger partial charge in [0, 0.05) is 6.07 Å². The number of non-ortho nitro benzene ring substituents is 1. The Labute approximate surface area is 126 Å². The average Bonchev–Trinajstić information content (AvgIpc) is 2.47. The molecule has 0 aliphatic carbocycles. The Kier molecular flexibility index (Phi) is 4.21. The number of benzene rings is 2. The third-order valence-electron chi connectivity index (χ3n) is 3.11. The molecule has 2 aromatic carbocycles. The molecule has 8 nitrogen and oxygen atoms in total. The van der Waals surface area contributed by atoms with E-state index in [1.54, 1.807) is 0 Å². The van der Waals surface area contributed by atoms with Crippen LogP contribution in [0.15, 0.2) is 36.4 Å². The van der Waals surface area contributed by atoms with E-state index >= 15 is 0 Å². The van der Waals surface area contributed by atoms with Crippen LogP contribution < -0.4 is 10.9 Å². The second-order valence-corrected chi connectivity index (χ2v) is 4.78. The van der Waals surface area contributed by atoms with Gasteiger partial charge in [0.2, 0.25) is 0 Å². The van der Waals surface area contributed by atoms with Crippen molar-refractivity contribution >= 4 is 22.7 Å². The minimum absolute atomic E-state index is 0.150. The monoisotopic (exact) mass is 302 g/mol. The van der Waals surface area contributed by atoms with E-state index in [4.69, 9.17) is 0 Å². The topological polar surface area (TPSA) is 110 Å². The number of nitro benzene ring substituents is 2. The lowest BCUT2D eigenvalue weighted by Crippen LogP contribution is -2.11. The number of aryl methyl sites for hydroxylation is 2. The number of hydrazine groups is 1. The van der Waals surface area contributed by atoms with Gasteiger partial charge in [-0.2, -0.15) is 0 Å². The lowest BCUT2D eigenvalue weighted by Gasteiger charge is -2.12. The predicted octanol–water partition coefficient (Wildman–Crippen LogP) is 3.56. The van der Waals surface area contributed by atoms with Gasteiger partial charge in [0.15, 0.2) is 0 Å². The van der Waals surface area contributed by atoms with Crippen LogP contribution in [0, 0.1) is 34.1 Å². The van der Waals surface area contributed by atoms with Crippen molar-refractivity contribution in [3.63, 3.8) is 0 Å². The Bertz CT molecular complexity index is 746. The fraction of sp³-hybridized carbons (Fsp3) is 0.143. The average molecular weight is 302 g/mol. The number of hydrogen-bond acceptors (Lipinski definition) is 6. The summed E-state index contributed by atoms with van der Waals surface area (Å²) in [7, 11) is 0. The van der Waals surface area contributed by atoms with Gasteiger partial charge in [-0.3, -0.25) is 25.7 Å². The molecule has 0 atom stereocenters. The molecule has 2 N–H and O–H groups in total. The summed E-state index contributed by atoms with van der Waals surface area (Å²) in [5.41, 5.74) is 7.84. The van der Waals surface area contributed by atoms with Gasteiger partial charge in [0.05, 0.1) is 21.6 Å². The molecule has 114 valence electrons. The molecule has 0 amide bonds. The SMILES string of the molecule is Cc1ccc(C)c(NNc2ccc([N+](=O)[O-])cc2[N+](=O)[O-])c1. The molecule has 0 unspecified atom stereocenters. The normalized spacial score (nSPS) is 10.1. The van der Waals surface area contributed by atoms with E-state index in [2.05, 4.69) is 10.9 Å². The molecule has 8 heteroatoms. The van der Waals surface area contributed by atoms with Crippen LogP contribution in [0.5, 0.6) is 0 Å². The van der Waals surface area contributed by atoms with Crippen molar-refractivity contribution in [1.29, 1.82) is 0 Å². The summed E-state index contributed by atoms with van der Waals surface area (Å²) in [5.74, 6) is 0. The number of anilines is 2. The Morgan fingerprint density at radius 3 is 2.18 bits per heavy atom. The molecular formula is C14H14N4O4. The fourth-order valence-corrected chi connectivity index (χ4v) is 1.90. The molecule has 0 aliphatic heterocycles. The van der Waals surface area contributed by atoms with E-state index in [1.807, 2.05) is 32.0 Å². The molecule has 0 aliphatic rings. The van der Waals surface area contributed by atoms with E-state index in [0.29, 0.717) is 0 Å². The Morgan fingerprint density at radius 1 is 0.864 bits per heavy atom. The van der Waals surface area contributed by atoms with Crippen molar-refractivity contribution < 1.29 is 9.85 Å². The van der Waals surface area contributed by atoms with Gasteiger partial charge < -0.3 is 5.43 Å². The minimum atomic E-state index is -0.672. The summed E-state index contributed by atoms with van der Waals surface area (Å²) in [6.45, 7) is 3.83. The number of nitro groups is 2. The maximum atomic E-state index is 11.0. The maximum Gasteiger partial charge on any atom is 0.300 e. The van der Waals surface area contributed by atoms with Crippen molar-refractivity contribution in [1.82, 2.24) is 0 Å². The summed E-state index contributed by atoms with van der Waals surface area (Å²) in [6.07, 6.45) is 0. The zero-order chi connectivity index (χ0) is 16.3. The molecule has 2 rings (SSSR count). The van der Waals surface area contributed by atoms with Crippen molar-refractivity contribution in [2.24, 2.45) is 0 Å². The van der Waals surface area contributed by atoms with Crippen molar-refractivity contribution in [2.75, 3.05) is 10.9 Å². The quantitative estimate of drug-likeness (QED) is 0.645. The van der Waals surface area contributed by atoms with Crippen LogP contribution in [-0.2, 0) is 0 Å². The van der Waals surface area contributed by atoms with Crippen molar-refractivity contribution in [2.45, 2.75) is 13.8 Å². The Hall–Kier alpha value is -3.16. The van der Waals surface area contributed by atoms with E-state index in [9.17, 15) is 20.2 Å². The van der Waals surface area contributed by atoms with Gasteiger partial charge in [0.25, 0.3) is 5.69 Å². The lowest BCUT2D eigenvalue weighted by molar-refractivity contribution is -0.393. The largest absolute Gasteiger partial charge is 0.300 e. The second kappa shape index (κ2) is 6.08. The van der Waals surface area contributed by atoms with Crippen LogP contribution in [0.1, 0.15) is 11.1 Å². The van der Waals surface area contributed by atoms with E-state index < -0.39 is 9.85 Å². The van der Waals surface area contributed by atoms with Crippen LogP contribution >= 0.6 is 0 Å². The first-order valence-electron chi connectivity index (χ1n) is 6.40. The van der Waals surface area contributed by atoms with Crippen LogP contribution in [-0.4, -0.2) is 9.85 Å². The second-order valence-electron chi connectivity index (χ2n) is 4.78. The number of nitrogens with zero attached hydrogens (tertiary/aromatic N) is 2. The predicted molar refractivity (Wildman–Crippen MR) is 82.9 cm³/mol. The molecule has 0 saturated heterocycles. The smallest absolute Gasteiger partial charge is 0.300 e. The Morgan fingerprint density at radius 2 is 1.55 bits per heavy atom. The highest BCUT2D eigenvalue weighted by molar-refractivity contribution is 5.68. The Balaban J connectivity index is 2.27. The van der Waals surface area contributed by atoms with Gasteiger partial charge >= 0.3 is 5.69 Å². The molecular weight excluding hydrogens is 288 g/mol. The lowest BCUT2D eigenvalue weighted by atomic mass is 10.1. The highest BCUT2D eigenvalue weighted by atomic mass is 16.6. The summed E-state index contributed by atoms with van der Waals surface area (Å²) in [6, 6.07) is 9.19. The zero-order valence-corrected chi connectivity index (χ0v) is 12.0. The first kappa shape index (κ1) is 15.2. The highest BCUT2D eigenvalue weighted by Gasteiger charge is 2.19. The molecule has 0 saturated carbocycles. The van der Waals surface area contributed by atoms with E-state index in [-0.39, 0.29) is 17.1 Å². The summed E-state index contributed by atoms with van der Waals surface area (Å²) in [5, 5.41) is 21.7. The summed E-state index contributed by atoms with van der Waals surface area (Å²) in [4.78, 5) is 20.4. The van der Waals surface area contributed by atoms with Crippen LogP contribution in [0.4, 0.5) is 22.7 Å². The molecule has 0 bridgehead atoms. The molecule has 0 aromatic heterocycles. The summed E-state index contributed by atoms with van der Waals surface area (Å²) >= 11 is 0. The standard InChI is InChI=1S/C14H14N4O4/c1-9-3-4-10(2)13(7-9)16-15-12-6-5-11(17(19)20)8-14(12)18(21)22/h3-8,15-16H,1-2H3. The molecule has 0 heterocycles. The first-order chi connectivity index (χ1) is 10.4. The van der Waals surface area contributed by atoms with Crippen molar-refractivity contribution in [3.05, 3.63) is 67.8 Å². The number of rotatable bonds is 5. The van der Waals surface area contributed by atoms with Crippen molar-refractivity contribution in [3.8, 4) is 0 Å². The number of nitrogens with one attached hydrogen (secondary N) is 2. The van der Waals surface area contributed by atoms with Gasteiger partial charge in [-0.15, -0.1) is 0 Å². The first-order valence-corrected chi connectivity index (χ1v) is 6.40. The molecule has 22 heavy (non-hydrogen) atoms. The van der Waals surface area contributed by atoms with E-state index in [1.165, 1.54) is 12.1 Å².